The standard InChI is InChI=1S/C23H20ClFN6OS/c1-14(32)30-7-9-31(10-8-30)23-26-12-20(33-23)15-5-6-18-16(11-15)22(28-13-27-18)29-19-4-2-3-17(24)21(19)25/h2-6,11-13H,7-10H2,1H3,(H,27,28,29). The molecule has 0 aliphatic carbocycles. The van der Waals surface area contributed by atoms with Crippen LogP contribution in [0.1, 0.15) is 6.92 Å². The van der Waals surface area contributed by atoms with Crippen LogP contribution < -0.4 is 10.2 Å². The lowest BCUT2D eigenvalue weighted by atomic mass is 10.1. The fourth-order valence-electron chi connectivity index (χ4n) is 3.79. The number of aromatic nitrogens is 3. The molecule has 2 aromatic carbocycles. The van der Waals surface area contributed by atoms with E-state index in [1.807, 2.05) is 29.3 Å². The Hall–Kier alpha value is -3.30. The molecule has 1 aliphatic rings. The maximum Gasteiger partial charge on any atom is 0.219 e. The van der Waals surface area contributed by atoms with Crippen molar-refractivity contribution < 1.29 is 9.18 Å². The number of fused-ring (bicyclic) bond motifs is 1. The van der Waals surface area contributed by atoms with E-state index in [4.69, 9.17) is 11.6 Å². The molecule has 1 amide bonds. The first-order valence-electron chi connectivity index (χ1n) is 10.4. The van der Waals surface area contributed by atoms with Gasteiger partial charge in [-0.15, -0.1) is 0 Å². The number of hydrogen-bond acceptors (Lipinski definition) is 7. The fraction of sp³-hybridized carbons (Fsp3) is 0.217. The summed E-state index contributed by atoms with van der Waals surface area (Å²) in [6, 6.07) is 10.7. The van der Waals surface area contributed by atoms with Crippen LogP contribution in [0.3, 0.4) is 0 Å². The zero-order valence-electron chi connectivity index (χ0n) is 17.8. The van der Waals surface area contributed by atoms with E-state index in [2.05, 4.69) is 25.2 Å². The van der Waals surface area contributed by atoms with Gasteiger partial charge >= 0.3 is 0 Å². The van der Waals surface area contributed by atoms with Crippen molar-refractivity contribution in [1.82, 2.24) is 19.9 Å². The van der Waals surface area contributed by atoms with E-state index in [1.54, 1.807) is 30.4 Å². The van der Waals surface area contributed by atoms with E-state index in [0.717, 1.165) is 39.6 Å². The largest absolute Gasteiger partial charge is 0.345 e. The van der Waals surface area contributed by atoms with Gasteiger partial charge in [0, 0.05) is 44.7 Å². The van der Waals surface area contributed by atoms with Crippen LogP contribution >= 0.6 is 22.9 Å². The molecule has 7 nitrogen and oxygen atoms in total. The number of halogens is 2. The van der Waals surface area contributed by atoms with Gasteiger partial charge in [-0.1, -0.05) is 35.1 Å². The molecule has 10 heteroatoms. The summed E-state index contributed by atoms with van der Waals surface area (Å²) in [7, 11) is 0. The molecule has 33 heavy (non-hydrogen) atoms. The molecule has 0 spiro atoms. The summed E-state index contributed by atoms with van der Waals surface area (Å²) < 4.78 is 14.4. The Morgan fingerprint density at radius 1 is 1.12 bits per heavy atom. The topological polar surface area (TPSA) is 74.2 Å². The first-order valence-corrected chi connectivity index (χ1v) is 11.6. The highest BCUT2D eigenvalue weighted by molar-refractivity contribution is 7.18. The Balaban J connectivity index is 1.43. The van der Waals surface area contributed by atoms with Gasteiger partial charge in [0.15, 0.2) is 10.9 Å². The van der Waals surface area contributed by atoms with Crippen LogP contribution in [0, 0.1) is 5.82 Å². The van der Waals surface area contributed by atoms with Crippen LogP contribution in [0.2, 0.25) is 5.02 Å². The molecule has 0 saturated carbocycles. The summed E-state index contributed by atoms with van der Waals surface area (Å²) in [4.78, 5) is 29.9. The van der Waals surface area contributed by atoms with Gasteiger partial charge in [0.2, 0.25) is 5.91 Å². The van der Waals surface area contributed by atoms with Gasteiger partial charge in [-0.3, -0.25) is 4.79 Å². The second-order valence-corrected chi connectivity index (χ2v) is 9.10. The molecule has 2 aromatic heterocycles. The number of carbonyl (C=O) groups excluding carboxylic acids is 1. The summed E-state index contributed by atoms with van der Waals surface area (Å²) in [5, 5.41) is 4.77. The van der Waals surface area contributed by atoms with E-state index in [0.29, 0.717) is 18.9 Å². The third-order valence-corrected chi connectivity index (χ3v) is 7.01. The smallest absolute Gasteiger partial charge is 0.219 e. The van der Waals surface area contributed by atoms with Gasteiger partial charge in [0.25, 0.3) is 0 Å². The number of nitrogens with one attached hydrogen (secondary N) is 1. The molecule has 3 heterocycles. The molecular weight excluding hydrogens is 463 g/mol. The molecule has 5 rings (SSSR count). The van der Waals surface area contributed by atoms with Crippen LogP contribution in [-0.2, 0) is 4.79 Å². The average Bonchev–Trinajstić information content (AvgIpc) is 3.32. The van der Waals surface area contributed by atoms with Gasteiger partial charge in [0.05, 0.1) is 21.1 Å². The zero-order valence-corrected chi connectivity index (χ0v) is 19.3. The highest BCUT2D eigenvalue weighted by Gasteiger charge is 2.21. The first kappa shape index (κ1) is 21.5. The van der Waals surface area contributed by atoms with Crippen LogP contribution in [0.25, 0.3) is 21.3 Å². The molecule has 0 unspecified atom stereocenters. The number of carbonyl (C=O) groups is 1. The molecule has 4 aromatic rings. The number of rotatable bonds is 4. The third-order valence-electron chi connectivity index (χ3n) is 5.61. The summed E-state index contributed by atoms with van der Waals surface area (Å²) in [6.07, 6.45) is 3.30. The number of benzene rings is 2. The van der Waals surface area contributed by atoms with Crippen molar-refractivity contribution in [1.29, 1.82) is 0 Å². The molecule has 0 radical (unpaired) electrons. The first-order chi connectivity index (χ1) is 16.0. The monoisotopic (exact) mass is 482 g/mol. The van der Waals surface area contributed by atoms with Gasteiger partial charge < -0.3 is 15.1 Å². The van der Waals surface area contributed by atoms with Crippen molar-refractivity contribution in [2.24, 2.45) is 0 Å². The number of anilines is 3. The second-order valence-electron chi connectivity index (χ2n) is 7.68. The SMILES string of the molecule is CC(=O)N1CCN(c2ncc(-c3ccc4ncnc(Nc5cccc(Cl)c5F)c4c3)s2)CC1. The van der Waals surface area contributed by atoms with E-state index < -0.39 is 5.82 Å². The summed E-state index contributed by atoms with van der Waals surface area (Å²) in [5.74, 6) is 0.0714. The molecule has 1 fully saturated rings. The summed E-state index contributed by atoms with van der Waals surface area (Å²) >= 11 is 7.51. The Kier molecular flexibility index (Phi) is 5.82. The number of amides is 1. The maximum absolute atomic E-state index is 14.4. The van der Waals surface area contributed by atoms with Crippen LogP contribution in [0.15, 0.2) is 48.9 Å². The van der Waals surface area contributed by atoms with Crippen molar-refractivity contribution in [3.8, 4) is 10.4 Å². The van der Waals surface area contributed by atoms with Crippen LogP contribution in [-0.4, -0.2) is 51.9 Å². The average molecular weight is 483 g/mol. The lowest BCUT2D eigenvalue weighted by Crippen LogP contribution is -2.48. The number of nitrogens with zero attached hydrogens (tertiary/aromatic N) is 5. The molecule has 1 saturated heterocycles. The molecule has 168 valence electrons. The van der Waals surface area contributed by atoms with Crippen molar-refractivity contribution in [3.05, 3.63) is 59.8 Å². The minimum absolute atomic E-state index is 0.0420. The Bertz CT molecular complexity index is 1340. The molecule has 1 N–H and O–H groups in total. The van der Waals surface area contributed by atoms with Crippen molar-refractivity contribution in [2.75, 3.05) is 36.4 Å². The van der Waals surface area contributed by atoms with Crippen molar-refractivity contribution in [2.45, 2.75) is 6.92 Å². The van der Waals surface area contributed by atoms with E-state index >= 15 is 0 Å². The minimum Gasteiger partial charge on any atom is -0.345 e. The lowest BCUT2D eigenvalue weighted by Gasteiger charge is -2.33. The highest BCUT2D eigenvalue weighted by atomic mass is 35.5. The Morgan fingerprint density at radius 3 is 2.73 bits per heavy atom. The zero-order chi connectivity index (χ0) is 22.9. The van der Waals surface area contributed by atoms with Gasteiger partial charge in [-0.05, 0) is 29.8 Å². The summed E-state index contributed by atoms with van der Waals surface area (Å²) in [5.41, 5.74) is 1.96. The Labute approximate surface area is 198 Å². The van der Waals surface area contributed by atoms with E-state index in [9.17, 15) is 9.18 Å². The number of hydrogen-bond donors (Lipinski definition) is 1. The normalized spacial score (nSPS) is 14.0. The second kappa shape index (κ2) is 8.92. The van der Waals surface area contributed by atoms with Crippen LogP contribution in [0.4, 0.5) is 21.0 Å². The summed E-state index contributed by atoms with van der Waals surface area (Å²) in [6.45, 7) is 4.53. The predicted molar refractivity (Wildman–Crippen MR) is 130 cm³/mol. The molecule has 0 atom stereocenters. The van der Waals surface area contributed by atoms with Crippen molar-refractivity contribution in [3.63, 3.8) is 0 Å². The van der Waals surface area contributed by atoms with E-state index in [-0.39, 0.29) is 16.6 Å². The lowest BCUT2D eigenvalue weighted by molar-refractivity contribution is -0.129. The molecule has 1 aliphatic heterocycles. The molecular formula is C23H20ClFN6OS. The number of thiazole rings is 1. The van der Waals surface area contributed by atoms with Gasteiger partial charge in [-0.2, -0.15) is 0 Å². The quantitative estimate of drug-likeness (QED) is 0.443. The predicted octanol–water partition coefficient (Wildman–Crippen LogP) is 4.96. The van der Waals surface area contributed by atoms with Crippen LogP contribution in [0.5, 0.6) is 0 Å². The van der Waals surface area contributed by atoms with Gasteiger partial charge in [-0.25, -0.2) is 19.3 Å². The fourth-order valence-corrected chi connectivity index (χ4v) is 4.93. The van der Waals surface area contributed by atoms with Gasteiger partial charge in [0.1, 0.15) is 12.1 Å². The third kappa shape index (κ3) is 4.34. The number of piperazine rings is 1. The van der Waals surface area contributed by atoms with Crippen molar-refractivity contribution >= 4 is 56.4 Å². The highest BCUT2D eigenvalue weighted by Crippen LogP contribution is 2.35. The van der Waals surface area contributed by atoms with E-state index in [1.165, 1.54) is 12.4 Å². The Morgan fingerprint density at radius 2 is 1.94 bits per heavy atom. The maximum atomic E-state index is 14.4. The minimum atomic E-state index is -0.529. The molecule has 0 bridgehead atoms.